The van der Waals surface area contributed by atoms with Crippen LogP contribution in [0.2, 0.25) is 0 Å². The molecule has 2 aliphatic rings. The van der Waals surface area contributed by atoms with E-state index in [1.807, 2.05) is 13.1 Å². The molecule has 1 fully saturated rings. The van der Waals surface area contributed by atoms with Gasteiger partial charge < -0.3 is 31.8 Å². The van der Waals surface area contributed by atoms with Crippen molar-refractivity contribution in [2.45, 2.75) is 28.2 Å². The summed E-state index contributed by atoms with van der Waals surface area (Å²) in [5.74, 6) is -3.37. The molecule has 0 saturated carbocycles. The van der Waals surface area contributed by atoms with E-state index in [1.165, 1.54) is 33.8 Å². The molecule has 21 heteroatoms. The molecule has 0 aromatic carbocycles. The lowest BCUT2D eigenvalue weighted by Gasteiger charge is -2.49. The molecule has 2 aromatic heterocycles. The normalized spacial score (nSPS) is 18.1. The Morgan fingerprint density at radius 2 is 2.00 bits per heavy atom. The number of alkyl halides is 3. The highest BCUT2D eigenvalue weighted by Crippen LogP contribution is 2.45. The number of halogens is 3. The fourth-order valence-electron chi connectivity index (χ4n) is 3.60. The molecule has 238 valence electrons. The summed E-state index contributed by atoms with van der Waals surface area (Å²) in [5, 5.41) is 36.1. The molecule has 7 N–H and O–H groups in total. The van der Waals surface area contributed by atoms with E-state index in [0.717, 1.165) is 39.8 Å². The predicted octanol–water partition coefficient (Wildman–Crippen LogP) is 1.87. The van der Waals surface area contributed by atoms with Crippen molar-refractivity contribution in [2.75, 3.05) is 30.8 Å². The molecule has 4 rings (SSSR count). The van der Waals surface area contributed by atoms with Gasteiger partial charge in [-0.3, -0.25) is 19.5 Å². The third-order valence-corrected chi connectivity index (χ3v) is 9.94. The van der Waals surface area contributed by atoms with Gasteiger partial charge in [-0.25, -0.2) is 14.6 Å². The number of aliphatic carboxylic acids is 2. The summed E-state index contributed by atoms with van der Waals surface area (Å²) in [7, 11) is 1.89. The van der Waals surface area contributed by atoms with Crippen LogP contribution in [0.1, 0.15) is 11.3 Å². The van der Waals surface area contributed by atoms with Crippen LogP contribution in [0.3, 0.4) is 0 Å². The number of amides is 2. The molecule has 2 aromatic rings. The monoisotopic (exact) mass is 695 g/mol. The Kier molecular flexibility index (Phi) is 12.3. The smallest absolute Gasteiger partial charge is 0.477 e. The molecule has 1 saturated heterocycles. The van der Waals surface area contributed by atoms with Gasteiger partial charge in [0.2, 0.25) is 0 Å². The number of thioether (sulfide) groups is 3. The van der Waals surface area contributed by atoms with Crippen LogP contribution in [0.25, 0.3) is 0 Å². The molecule has 4 heterocycles. The highest BCUT2D eigenvalue weighted by Gasteiger charge is 2.54. The van der Waals surface area contributed by atoms with Crippen molar-refractivity contribution in [1.29, 1.82) is 0 Å². The zero-order valence-electron chi connectivity index (χ0n) is 22.4. The average molecular weight is 696 g/mol. The number of oxime groups is 1. The van der Waals surface area contributed by atoms with Crippen molar-refractivity contribution in [2.24, 2.45) is 5.16 Å². The van der Waals surface area contributed by atoms with E-state index in [0.29, 0.717) is 10.7 Å². The number of aromatic nitrogens is 2. The first-order chi connectivity index (χ1) is 20.8. The van der Waals surface area contributed by atoms with Crippen LogP contribution >= 0.6 is 46.6 Å². The molecule has 2 amide bonds. The van der Waals surface area contributed by atoms with Gasteiger partial charge in [0.15, 0.2) is 10.8 Å². The number of carboxylic acids is 2. The van der Waals surface area contributed by atoms with Gasteiger partial charge in [-0.2, -0.15) is 24.9 Å². The number of hydrogen-bond donors (Lipinski definition) is 6. The van der Waals surface area contributed by atoms with Gasteiger partial charge in [0.1, 0.15) is 22.8 Å². The van der Waals surface area contributed by atoms with Gasteiger partial charge in [-0.05, 0) is 18.7 Å². The number of hydrogen-bond acceptors (Lipinski definition) is 14. The first-order valence-electron chi connectivity index (χ1n) is 12.1. The minimum Gasteiger partial charge on any atom is -0.477 e. The lowest BCUT2D eigenvalue weighted by atomic mass is 10.0. The summed E-state index contributed by atoms with van der Waals surface area (Å²) in [6.07, 6.45) is -1.66. The second-order valence-corrected chi connectivity index (χ2v) is 12.7. The molecule has 0 aliphatic carbocycles. The number of rotatable bonds is 11. The van der Waals surface area contributed by atoms with Crippen LogP contribution in [-0.2, 0) is 24.9 Å². The van der Waals surface area contributed by atoms with E-state index in [9.17, 15) is 37.9 Å². The van der Waals surface area contributed by atoms with E-state index in [1.54, 1.807) is 24.2 Å². The van der Waals surface area contributed by atoms with Crippen LogP contribution in [0.4, 0.5) is 18.3 Å². The fraction of sp³-hybridized carbons (Fsp3) is 0.348. The number of carboxylic acid groups (broad SMARTS) is 2. The third-order valence-electron chi connectivity index (χ3n) is 5.59. The average Bonchev–Trinajstić information content (AvgIpc) is 3.40. The van der Waals surface area contributed by atoms with Crippen molar-refractivity contribution < 1.29 is 47.8 Å². The van der Waals surface area contributed by atoms with Gasteiger partial charge in [-0.1, -0.05) is 16.9 Å². The second-order valence-electron chi connectivity index (χ2n) is 8.50. The van der Waals surface area contributed by atoms with Crippen molar-refractivity contribution in [3.05, 3.63) is 45.7 Å². The topological polar surface area (TPSA) is 220 Å². The summed E-state index contributed by atoms with van der Waals surface area (Å²) < 4.78 is 31.7. The van der Waals surface area contributed by atoms with E-state index in [-0.39, 0.29) is 22.2 Å². The number of fused-ring (bicyclic) bond motifs is 1. The first-order valence-corrected chi connectivity index (χ1v) is 16.0. The Balaban J connectivity index is 0.000000676. The maximum atomic E-state index is 13.0. The molecule has 2 aliphatic heterocycles. The maximum absolute atomic E-state index is 13.0. The molecular formula is C23H24F3N7O7S4. The highest BCUT2D eigenvalue weighted by atomic mass is 32.2. The number of nitrogens with zero attached hydrogens (tertiary/aromatic N) is 4. The van der Waals surface area contributed by atoms with Crippen molar-refractivity contribution in [1.82, 2.24) is 25.5 Å². The zero-order chi connectivity index (χ0) is 32.6. The number of carbonyl (C=O) groups excluding carboxylic acids is 2. The molecular weight excluding hydrogens is 672 g/mol. The van der Waals surface area contributed by atoms with Crippen LogP contribution in [0.15, 0.2) is 44.5 Å². The maximum Gasteiger partial charge on any atom is 0.490 e. The van der Waals surface area contributed by atoms with E-state index in [4.69, 9.17) is 15.6 Å². The molecule has 0 bridgehead atoms. The summed E-state index contributed by atoms with van der Waals surface area (Å²) >= 11 is 5.47. The summed E-state index contributed by atoms with van der Waals surface area (Å²) in [6, 6.07) is 0.857. The van der Waals surface area contributed by atoms with E-state index < -0.39 is 41.3 Å². The molecule has 44 heavy (non-hydrogen) atoms. The van der Waals surface area contributed by atoms with E-state index in [2.05, 4.69) is 25.8 Å². The SMILES string of the molecule is CNCCSCc1cnccc1SC1=C(C(=O)O)N2C(=O)[C@@H](NC(=O)/C(=N\O)c3csc(N)n3)[C@H]2SC1.O=C(O)C(F)(F)F. The largest absolute Gasteiger partial charge is 0.490 e. The van der Waals surface area contributed by atoms with Crippen LogP contribution in [-0.4, -0.2) is 102 Å². The molecule has 2 atom stereocenters. The number of carbonyl (C=O) groups is 4. The summed E-state index contributed by atoms with van der Waals surface area (Å²) in [6.45, 7) is 0.873. The predicted molar refractivity (Wildman–Crippen MR) is 158 cm³/mol. The molecule has 0 unspecified atom stereocenters. The standard InChI is InChI=1S/C21H23N7O5S4.C2HF3O2/c1-23-4-5-34-7-10-6-24-3-2-12(10)37-13-9-35-19-15(18(30)28(19)16(13)20(31)32)26-17(29)14(27-33)11-8-36-21(22)25-11;3-2(4,5)1(6)7/h2-3,6,8,15,19,23,33H,4-5,7,9H2,1H3,(H2,22,25)(H,26,29)(H,31,32);(H,6,7)/b27-14-;/t15-,19-;/m1./s1. The fourth-order valence-corrected chi connectivity index (χ4v) is 7.75. The van der Waals surface area contributed by atoms with Gasteiger partial charge in [0, 0.05) is 51.4 Å². The number of nitrogens with two attached hydrogens (primary N) is 1. The molecule has 0 spiro atoms. The van der Waals surface area contributed by atoms with Crippen LogP contribution in [0.5, 0.6) is 0 Å². The first kappa shape index (κ1) is 35.0. The Bertz CT molecular complexity index is 1470. The van der Waals surface area contributed by atoms with Gasteiger partial charge in [-0.15, -0.1) is 23.1 Å². The highest BCUT2D eigenvalue weighted by molar-refractivity contribution is 8.06. The number of nitrogen functional groups attached to an aromatic ring is 1. The third kappa shape index (κ3) is 8.55. The Hall–Kier alpha value is -3.53. The number of β-lactam (4-membered cyclic amide) rings is 1. The zero-order valence-corrected chi connectivity index (χ0v) is 25.7. The van der Waals surface area contributed by atoms with Gasteiger partial charge >= 0.3 is 18.1 Å². The quantitative estimate of drug-likeness (QED) is 0.0650. The minimum atomic E-state index is -5.08. The minimum absolute atomic E-state index is 0.0736. The number of anilines is 1. The number of nitrogens with one attached hydrogen (secondary N) is 2. The Labute approximate surface area is 263 Å². The number of thiazole rings is 1. The van der Waals surface area contributed by atoms with Crippen LogP contribution in [0, 0.1) is 0 Å². The van der Waals surface area contributed by atoms with Crippen molar-refractivity contribution in [3.8, 4) is 0 Å². The molecule has 14 nitrogen and oxygen atoms in total. The van der Waals surface area contributed by atoms with Crippen molar-refractivity contribution in [3.63, 3.8) is 0 Å². The Morgan fingerprint density at radius 3 is 2.57 bits per heavy atom. The summed E-state index contributed by atoms with van der Waals surface area (Å²) in [5.41, 5.74) is 6.15. The van der Waals surface area contributed by atoms with E-state index >= 15 is 0 Å². The van der Waals surface area contributed by atoms with Gasteiger partial charge in [0.05, 0.1) is 0 Å². The molecule has 0 radical (unpaired) electrons. The lowest BCUT2D eigenvalue weighted by Crippen LogP contribution is -2.71. The second kappa shape index (κ2) is 15.5. The van der Waals surface area contributed by atoms with Crippen LogP contribution < -0.4 is 16.4 Å². The van der Waals surface area contributed by atoms with Crippen molar-refractivity contribution >= 4 is 81.2 Å². The number of pyridine rings is 1. The lowest BCUT2D eigenvalue weighted by molar-refractivity contribution is -0.192. The van der Waals surface area contributed by atoms with Gasteiger partial charge in [0.25, 0.3) is 11.8 Å². The Morgan fingerprint density at radius 1 is 1.30 bits per heavy atom. The summed E-state index contributed by atoms with van der Waals surface area (Å²) in [4.78, 5) is 57.6.